The smallest absolute Gasteiger partial charge is 0.341 e. The molecule has 0 aliphatic rings. The summed E-state index contributed by atoms with van der Waals surface area (Å²) in [5, 5.41) is 8.00. The van der Waals surface area contributed by atoms with E-state index in [0.29, 0.717) is 11.3 Å². The molecule has 2 aromatic carbocycles. The standard InChI is InChI=1S/C17H20N2O7S2/c1-25-15-7-4-11(8-13(15)17(20)26-2)10-19-14-6-5-12(28(18,23)24)9-16(14)27(3,21)22/h4-9,19H,10H2,1-3H3,(H2,18,23,24). The molecule has 0 aliphatic carbocycles. The lowest BCUT2D eigenvalue weighted by atomic mass is 10.1. The van der Waals surface area contributed by atoms with Crippen LogP contribution in [0.1, 0.15) is 15.9 Å². The highest BCUT2D eigenvalue weighted by molar-refractivity contribution is 7.91. The Balaban J connectivity index is 2.38. The van der Waals surface area contributed by atoms with E-state index < -0.39 is 25.8 Å². The van der Waals surface area contributed by atoms with Crippen molar-refractivity contribution >= 4 is 31.5 Å². The average Bonchev–Trinajstić information content (AvgIpc) is 2.63. The Labute approximate surface area is 163 Å². The van der Waals surface area contributed by atoms with E-state index in [1.54, 1.807) is 18.2 Å². The quantitative estimate of drug-likeness (QED) is 0.625. The van der Waals surface area contributed by atoms with Crippen LogP contribution in [0.25, 0.3) is 0 Å². The number of esters is 1. The maximum atomic E-state index is 12.1. The van der Waals surface area contributed by atoms with Gasteiger partial charge in [0.25, 0.3) is 0 Å². The summed E-state index contributed by atoms with van der Waals surface area (Å²) >= 11 is 0. The summed E-state index contributed by atoms with van der Waals surface area (Å²) in [5.74, 6) is -0.238. The summed E-state index contributed by atoms with van der Waals surface area (Å²) < 4.78 is 57.0. The fourth-order valence-corrected chi connectivity index (χ4v) is 3.96. The Kier molecular flexibility index (Phi) is 6.32. The van der Waals surface area contributed by atoms with Crippen molar-refractivity contribution in [3.8, 4) is 5.75 Å². The largest absolute Gasteiger partial charge is 0.496 e. The van der Waals surface area contributed by atoms with Gasteiger partial charge in [-0.15, -0.1) is 0 Å². The van der Waals surface area contributed by atoms with E-state index in [-0.39, 0.29) is 27.6 Å². The van der Waals surface area contributed by atoms with Gasteiger partial charge in [0.05, 0.1) is 29.7 Å². The van der Waals surface area contributed by atoms with E-state index in [1.807, 2.05) is 0 Å². The molecule has 0 amide bonds. The summed E-state index contributed by atoms with van der Waals surface area (Å²) in [6, 6.07) is 8.36. The van der Waals surface area contributed by atoms with Gasteiger partial charge in [-0.2, -0.15) is 0 Å². The minimum absolute atomic E-state index is 0.158. The van der Waals surface area contributed by atoms with Crippen molar-refractivity contribution in [2.45, 2.75) is 16.3 Å². The van der Waals surface area contributed by atoms with Crippen LogP contribution in [0.3, 0.4) is 0 Å². The second-order valence-electron chi connectivity index (χ2n) is 5.85. The molecule has 0 unspecified atom stereocenters. The third-order valence-electron chi connectivity index (χ3n) is 3.83. The van der Waals surface area contributed by atoms with Gasteiger partial charge in [-0.3, -0.25) is 0 Å². The normalized spacial score (nSPS) is 11.7. The zero-order chi connectivity index (χ0) is 21.1. The number of carbonyl (C=O) groups excluding carboxylic acids is 1. The first-order chi connectivity index (χ1) is 13.0. The molecule has 0 bridgehead atoms. The van der Waals surface area contributed by atoms with Gasteiger partial charge in [-0.1, -0.05) is 6.07 Å². The molecule has 28 heavy (non-hydrogen) atoms. The van der Waals surface area contributed by atoms with Gasteiger partial charge in [0, 0.05) is 12.8 Å². The minimum atomic E-state index is -4.05. The molecule has 152 valence electrons. The number of nitrogens with one attached hydrogen (secondary N) is 1. The van der Waals surface area contributed by atoms with E-state index in [2.05, 4.69) is 5.32 Å². The van der Waals surface area contributed by atoms with Gasteiger partial charge >= 0.3 is 5.97 Å². The molecule has 0 saturated heterocycles. The van der Waals surface area contributed by atoms with E-state index in [4.69, 9.17) is 14.6 Å². The van der Waals surface area contributed by atoms with E-state index in [0.717, 1.165) is 12.3 Å². The van der Waals surface area contributed by atoms with Crippen molar-refractivity contribution < 1.29 is 31.1 Å². The molecule has 0 spiro atoms. The Morgan fingerprint density at radius 2 is 1.75 bits per heavy atom. The number of primary sulfonamides is 1. The van der Waals surface area contributed by atoms with Crippen LogP contribution in [0.2, 0.25) is 0 Å². The summed E-state index contributed by atoms with van der Waals surface area (Å²) in [7, 11) is -5.12. The number of anilines is 1. The number of rotatable bonds is 7. The first-order valence-electron chi connectivity index (χ1n) is 7.83. The Morgan fingerprint density at radius 1 is 1.07 bits per heavy atom. The average molecular weight is 428 g/mol. The highest BCUT2D eigenvalue weighted by Crippen LogP contribution is 2.26. The molecular formula is C17H20N2O7S2. The van der Waals surface area contributed by atoms with Crippen molar-refractivity contribution in [3.05, 3.63) is 47.5 Å². The molecule has 0 aromatic heterocycles. The molecule has 3 N–H and O–H groups in total. The molecule has 2 rings (SSSR count). The monoisotopic (exact) mass is 428 g/mol. The molecule has 0 atom stereocenters. The number of sulfonamides is 1. The van der Waals surface area contributed by atoms with Crippen molar-refractivity contribution in [2.24, 2.45) is 5.14 Å². The van der Waals surface area contributed by atoms with Gasteiger partial charge in [-0.05, 0) is 35.9 Å². The van der Waals surface area contributed by atoms with Crippen molar-refractivity contribution in [3.63, 3.8) is 0 Å². The van der Waals surface area contributed by atoms with E-state index in [1.165, 1.54) is 26.4 Å². The fraction of sp³-hybridized carbons (Fsp3) is 0.235. The van der Waals surface area contributed by atoms with Gasteiger partial charge in [0.15, 0.2) is 9.84 Å². The molecule has 0 saturated carbocycles. The number of hydrogen-bond donors (Lipinski definition) is 2. The number of carbonyl (C=O) groups is 1. The number of nitrogens with two attached hydrogens (primary N) is 1. The van der Waals surface area contributed by atoms with Crippen LogP contribution in [0.5, 0.6) is 5.75 Å². The lowest BCUT2D eigenvalue weighted by molar-refractivity contribution is 0.0597. The molecule has 0 fully saturated rings. The SMILES string of the molecule is COC(=O)c1cc(CNc2ccc(S(N)(=O)=O)cc2S(C)(=O)=O)ccc1OC. The van der Waals surface area contributed by atoms with E-state index >= 15 is 0 Å². The predicted molar refractivity (Wildman–Crippen MR) is 103 cm³/mol. The van der Waals surface area contributed by atoms with Crippen LogP contribution in [-0.2, 0) is 31.1 Å². The number of hydrogen-bond acceptors (Lipinski definition) is 8. The Hall–Kier alpha value is -2.63. The van der Waals surface area contributed by atoms with Crippen molar-refractivity contribution in [1.29, 1.82) is 0 Å². The predicted octanol–water partition coefficient (Wildman–Crippen LogP) is 1.14. The highest BCUT2D eigenvalue weighted by Gasteiger charge is 2.19. The maximum absolute atomic E-state index is 12.1. The molecule has 2 aromatic rings. The minimum Gasteiger partial charge on any atom is -0.496 e. The highest BCUT2D eigenvalue weighted by atomic mass is 32.2. The van der Waals surface area contributed by atoms with Crippen LogP contribution in [0.4, 0.5) is 5.69 Å². The molecule has 9 nitrogen and oxygen atoms in total. The molecular weight excluding hydrogens is 408 g/mol. The maximum Gasteiger partial charge on any atom is 0.341 e. The van der Waals surface area contributed by atoms with E-state index in [9.17, 15) is 21.6 Å². The van der Waals surface area contributed by atoms with Gasteiger partial charge in [0.2, 0.25) is 10.0 Å². The van der Waals surface area contributed by atoms with Crippen LogP contribution < -0.4 is 15.2 Å². The Bertz CT molecular complexity index is 1110. The number of ether oxygens (including phenoxy) is 2. The number of sulfone groups is 1. The molecule has 11 heteroatoms. The van der Waals surface area contributed by atoms with Crippen molar-refractivity contribution in [1.82, 2.24) is 0 Å². The summed E-state index contributed by atoms with van der Waals surface area (Å²) in [4.78, 5) is 11.3. The van der Waals surface area contributed by atoms with Crippen LogP contribution in [0.15, 0.2) is 46.2 Å². The zero-order valence-electron chi connectivity index (χ0n) is 15.4. The first kappa shape index (κ1) is 21.7. The van der Waals surface area contributed by atoms with Gasteiger partial charge in [-0.25, -0.2) is 26.8 Å². The van der Waals surface area contributed by atoms with Gasteiger partial charge < -0.3 is 14.8 Å². The van der Waals surface area contributed by atoms with Crippen molar-refractivity contribution in [2.75, 3.05) is 25.8 Å². The van der Waals surface area contributed by atoms with Crippen LogP contribution >= 0.6 is 0 Å². The third-order valence-corrected chi connectivity index (χ3v) is 5.88. The number of methoxy groups -OCH3 is 2. The summed E-state index contributed by atoms with van der Waals surface area (Å²) in [5.41, 5.74) is 1.07. The fourth-order valence-electron chi connectivity index (χ4n) is 2.46. The molecule has 0 aliphatic heterocycles. The number of benzene rings is 2. The second-order valence-corrected chi connectivity index (χ2v) is 9.40. The molecule has 0 radical (unpaired) electrons. The topological polar surface area (TPSA) is 142 Å². The van der Waals surface area contributed by atoms with Crippen LogP contribution in [-0.4, -0.2) is 43.3 Å². The Morgan fingerprint density at radius 3 is 2.29 bits per heavy atom. The summed E-state index contributed by atoms with van der Waals surface area (Å²) in [6.07, 6.45) is 0.961. The third kappa shape index (κ3) is 5.00. The lowest BCUT2D eigenvalue weighted by Crippen LogP contribution is -2.14. The zero-order valence-corrected chi connectivity index (χ0v) is 17.1. The van der Waals surface area contributed by atoms with Gasteiger partial charge in [0.1, 0.15) is 11.3 Å². The first-order valence-corrected chi connectivity index (χ1v) is 11.3. The summed E-state index contributed by atoms with van der Waals surface area (Å²) in [6.45, 7) is 0.158. The second kappa shape index (κ2) is 8.17. The lowest BCUT2D eigenvalue weighted by Gasteiger charge is -2.14. The van der Waals surface area contributed by atoms with Crippen LogP contribution in [0, 0.1) is 0 Å². The molecule has 0 heterocycles.